The zero-order valence-electron chi connectivity index (χ0n) is 8.18. The normalized spacial score (nSPS) is 36.0. The van der Waals surface area contributed by atoms with Crippen LogP contribution < -0.4 is 0 Å². The molecule has 2 rings (SSSR count). The van der Waals surface area contributed by atoms with Gasteiger partial charge in [-0.15, -0.1) is 0 Å². The average molecular weight is 169 g/mol. The molecule has 1 atom stereocenters. The maximum absolute atomic E-state index is 5.79. The molecule has 70 valence electrons. The molecule has 2 fully saturated rings. The first-order valence-electron chi connectivity index (χ1n) is 5.08. The van der Waals surface area contributed by atoms with E-state index in [-0.39, 0.29) is 5.60 Å². The molecule has 0 aromatic carbocycles. The lowest BCUT2D eigenvalue weighted by Gasteiger charge is -2.48. The first-order valence-corrected chi connectivity index (χ1v) is 5.08. The Morgan fingerprint density at radius 3 is 2.83 bits per heavy atom. The number of hydrogen-bond donors (Lipinski definition) is 0. The van der Waals surface area contributed by atoms with E-state index in [1.807, 2.05) is 0 Å². The van der Waals surface area contributed by atoms with E-state index in [0.29, 0.717) is 6.04 Å². The van der Waals surface area contributed by atoms with Crippen LogP contribution in [0.25, 0.3) is 0 Å². The second-order valence-corrected chi connectivity index (χ2v) is 4.50. The minimum atomic E-state index is 0.0959. The third-order valence-electron chi connectivity index (χ3n) is 3.27. The van der Waals surface area contributed by atoms with Crippen molar-refractivity contribution in [3.8, 4) is 0 Å². The highest BCUT2D eigenvalue weighted by atomic mass is 16.5. The van der Waals surface area contributed by atoms with Crippen molar-refractivity contribution in [2.24, 2.45) is 0 Å². The van der Waals surface area contributed by atoms with Crippen molar-refractivity contribution in [2.75, 3.05) is 19.7 Å². The molecule has 0 aliphatic carbocycles. The van der Waals surface area contributed by atoms with Crippen molar-refractivity contribution in [3.05, 3.63) is 0 Å². The summed E-state index contributed by atoms with van der Waals surface area (Å²) in [5.41, 5.74) is 0.0959. The molecule has 0 aromatic heterocycles. The lowest BCUT2D eigenvalue weighted by atomic mass is 9.88. The van der Waals surface area contributed by atoms with Gasteiger partial charge in [-0.05, 0) is 33.2 Å². The SMILES string of the molecule is CC1(C)OCCN2CCCCC21. The Balaban J connectivity index is 2.09. The average Bonchev–Trinajstić information content (AvgIpc) is 2.04. The van der Waals surface area contributed by atoms with Gasteiger partial charge >= 0.3 is 0 Å². The molecular formula is C10H19NO. The summed E-state index contributed by atoms with van der Waals surface area (Å²) in [5.74, 6) is 0. The maximum atomic E-state index is 5.79. The topological polar surface area (TPSA) is 12.5 Å². The number of nitrogens with zero attached hydrogens (tertiary/aromatic N) is 1. The van der Waals surface area contributed by atoms with Crippen LogP contribution in [0, 0.1) is 0 Å². The van der Waals surface area contributed by atoms with Crippen LogP contribution in [-0.2, 0) is 4.74 Å². The first kappa shape index (κ1) is 8.52. The van der Waals surface area contributed by atoms with Crippen molar-refractivity contribution in [2.45, 2.75) is 44.8 Å². The molecule has 0 amide bonds. The van der Waals surface area contributed by atoms with E-state index in [0.717, 1.165) is 13.2 Å². The van der Waals surface area contributed by atoms with E-state index in [1.165, 1.54) is 25.8 Å². The van der Waals surface area contributed by atoms with Gasteiger partial charge < -0.3 is 4.74 Å². The predicted octanol–water partition coefficient (Wildman–Crippen LogP) is 1.65. The molecule has 1 unspecified atom stereocenters. The Bertz CT molecular complexity index is 165. The number of hydrogen-bond acceptors (Lipinski definition) is 2. The molecule has 0 bridgehead atoms. The zero-order chi connectivity index (χ0) is 8.60. The molecule has 0 radical (unpaired) electrons. The molecule has 2 heteroatoms. The Labute approximate surface area is 74.9 Å². The molecule has 0 spiro atoms. The van der Waals surface area contributed by atoms with Gasteiger partial charge in [0.05, 0.1) is 12.2 Å². The second-order valence-electron chi connectivity index (χ2n) is 4.50. The molecule has 2 aliphatic heterocycles. The maximum Gasteiger partial charge on any atom is 0.0781 e. The van der Waals surface area contributed by atoms with Crippen molar-refractivity contribution < 1.29 is 4.74 Å². The van der Waals surface area contributed by atoms with Gasteiger partial charge in [-0.1, -0.05) is 6.42 Å². The number of fused-ring (bicyclic) bond motifs is 1. The molecular weight excluding hydrogens is 150 g/mol. The molecule has 12 heavy (non-hydrogen) atoms. The number of ether oxygens (including phenoxy) is 1. The van der Waals surface area contributed by atoms with Gasteiger partial charge in [-0.2, -0.15) is 0 Å². The van der Waals surface area contributed by atoms with Gasteiger partial charge in [0.1, 0.15) is 0 Å². The monoisotopic (exact) mass is 169 g/mol. The van der Waals surface area contributed by atoms with Gasteiger partial charge in [-0.3, -0.25) is 4.90 Å². The largest absolute Gasteiger partial charge is 0.373 e. The van der Waals surface area contributed by atoms with Gasteiger partial charge in [0.15, 0.2) is 0 Å². The van der Waals surface area contributed by atoms with E-state index < -0.39 is 0 Å². The van der Waals surface area contributed by atoms with E-state index in [2.05, 4.69) is 18.7 Å². The summed E-state index contributed by atoms with van der Waals surface area (Å²) in [6.45, 7) is 7.82. The van der Waals surface area contributed by atoms with E-state index in [4.69, 9.17) is 4.74 Å². The fourth-order valence-electron chi connectivity index (χ4n) is 2.57. The van der Waals surface area contributed by atoms with E-state index in [9.17, 15) is 0 Å². The summed E-state index contributed by atoms with van der Waals surface area (Å²) in [6.07, 6.45) is 4.09. The molecule has 0 saturated carbocycles. The smallest absolute Gasteiger partial charge is 0.0781 e. The Morgan fingerprint density at radius 1 is 1.25 bits per heavy atom. The highest BCUT2D eigenvalue weighted by Gasteiger charge is 2.39. The minimum Gasteiger partial charge on any atom is -0.373 e. The van der Waals surface area contributed by atoms with Gasteiger partial charge in [0.25, 0.3) is 0 Å². The van der Waals surface area contributed by atoms with Gasteiger partial charge in [0.2, 0.25) is 0 Å². The van der Waals surface area contributed by atoms with Gasteiger partial charge in [0, 0.05) is 12.6 Å². The Morgan fingerprint density at radius 2 is 2.08 bits per heavy atom. The quantitative estimate of drug-likeness (QED) is 0.546. The lowest BCUT2D eigenvalue weighted by Crippen LogP contribution is -2.58. The Hall–Kier alpha value is -0.0800. The molecule has 0 aromatic rings. The van der Waals surface area contributed by atoms with Gasteiger partial charge in [-0.25, -0.2) is 0 Å². The van der Waals surface area contributed by atoms with Crippen LogP contribution in [0.1, 0.15) is 33.1 Å². The molecule has 0 N–H and O–H groups in total. The lowest BCUT2D eigenvalue weighted by molar-refractivity contribution is -0.137. The fraction of sp³-hybridized carbons (Fsp3) is 1.00. The molecule has 2 heterocycles. The first-order chi connectivity index (χ1) is 5.70. The number of piperidine rings is 1. The second kappa shape index (κ2) is 3.00. The van der Waals surface area contributed by atoms with Crippen LogP contribution in [0.15, 0.2) is 0 Å². The summed E-state index contributed by atoms with van der Waals surface area (Å²) in [5, 5.41) is 0. The van der Waals surface area contributed by atoms with E-state index >= 15 is 0 Å². The highest BCUT2D eigenvalue weighted by molar-refractivity contribution is 4.93. The zero-order valence-corrected chi connectivity index (χ0v) is 8.18. The summed E-state index contributed by atoms with van der Waals surface area (Å²) in [4.78, 5) is 2.60. The van der Waals surface area contributed by atoms with Crippen molar-refractivity contribution in [1.29, 1.82) is 0 Å². The standard InChI is InChI=1S/C10H19NO/c1-10(2)9-5-3-4-6-11(9)7-8-12-10/h9H,3-8H2,1-2H3. The van der Waals surface area contributed by atoms with Crippen molar-refractivity contribution >= 4 is 0 Å². The van der Waals surface area contributed by atoms with Crippen LogP contribution in [0.3, 0.4) is 0 Å². The summed E-state index contributed by atoms with van der Waals surface area (Å²) >= 11 is 0. The summed E-state index contributed by atoms with van der Waals surface area (Å²) in [7, 11) is 0. The third-order valence-corrected chi connectivity index (χ3v) is 3.27. The number of morpholine rings is 1. The minimum absolute atomic E-state index is 0.0959. The van der Waals surface area contributed by atoms with Crippen molar-refractivity contribution in [3.63, 3.8) is 0 Å². The highest BCUT2D eigenvalue weighted by Crippen LogP contribution is 2.31. The summed E-state index contributed by atoms with van der Waals surface area (Å²) < 4.78 is 5.79. The molecule has 2 aliphatic rings. The Kier molecular flexibility index (Phi) is 2.13. The van der Waals surface area contributed by atoms with Crippen LogP contribution in [0.4, 0.5) is 0 Å². The van der Waals surface area contributed by atoms with Crippen LogP contribution in [-0.4, -0.2) is 36.2 Å². The van der Waals surface area contributed by atoms with Crippen LogP contribution in [0.5, 0.6) is 0 Å². The summed E-state index contributed by atoms with van der Waals surface area (Å²) in [6, 6.07) is 0.681. The van der Waals surface area contributed by atoms with E-state index in [1.54, 1.807) is 0 Å². The molecule has 2 nitrogen and oxygen atoms in total. The fourth-order valence-corrected chi connectivity index (χ4v) is 2.57. The molecule has 2 saturated heterocycles. The number of rotatable bonds is 0. The predicted molar refractivity (Wildman–Crippen MR) is 49.2 cm³/mol. The van der Waals surface area contributed by atoms with Crippen LogP contribution >= 0.6 is 0 Å². The third kappa shape index (κ3) is 1.38. The van der Waals surface area contributed by atoms with Crippen molar-refractivity contribution in [1.82, 2.24) is 4.90 Å². The van der Waals surface area contributed by atoms with Crippen LogP contribution in [0.2, 0.25) is 0 Å².